The maximum atomic E-state index is 8.05. The van der Waals surface area contributed by atoms with Gasteiger partial charge in [0.05, 0.1) is 11.3 Å². The summed E-state index contributed by atoms with van der Waals surface area (Å²) in [6.07, 6.45) is 16.1. The molecule has 3 heterocycles. The van der Waals surface area contributed by atoms with E-state index in [1.807, 2.05) is 0 Å². The first-order chi connectivity index (χ1) is 38.1. The molecule has 2 nitrogen and oxygen atoms in total. The number of anilines is 3. The SMILES string of the molecule is CC(C)(C)c1ccc(N2c3cc4c(cc3B3c5oc6cc7c(cc6c5C(Cc5ccc6c(c5)C(C)(C)CCC6(C)C)Cc5cc(C68CC9CC(CC6C9)C8)cc2c53)C(C)(C)CCC7(C)C)C(C)(C)CCC4(C)C)c(-c2ccccc2)c1. The fraction of sp³-hybridized carbons (Fsp3) is 0.513. The maximum Gasteiger partial charge on any atom is 0.292 e. The molecule has 4 fully saturated rings. The number of furan rings is 1. The number of nitrogens with zero attached hydrogens (tertiary/aromatic N) is 1. The van der Waals surface area contributed by atoms with Gasteiger partial charge in [-0.3, -0.25) is 0 Å². The average Bonchev–Trinajstić information content (AvgIpc) is 3.78. The first-order valence-electron chi connectivity index (χ1n) is 32.2. The molecular formula is C78H92BNO. The largest absolute Gasteiger partial charge is 0.470 e. The Bertz CT molecular complexity index is 3770. The van der Waals surface area contributed by atoms with E-state index < -0.39 is 0 Å². The Morgan fingerprint density at radius 3 is 1.75 bits per heavy atom. The van der Waals surface area contributed by atoms with E-state index in [9.17, 15) is 0 Å². The number of hydrogen-bond donors (Lipinski definition) is 0. The summed E-state index contributed by atoms with van der Waals surface area (Å²) in [6.45, 7) is 37.2. The lowest BCUT2D eigenvalue weighted by Gasteiger charge is -2.46. The van der Waals surface area contributed by atoms with Gasteiger partial charge in [0.1, 0.15) is 5.58 Å². The highest BCUT2D eigenvalue weighted by molar-refractivity contribution is 6.98. The number of hydrogen-bond acceptors (Lipinski definition) is 2. The molecule has 16 rings (SSSR count). The fourth-order valence-electron chi connectivity index (χ4n) is 19.3. The van der Waals surface area contributed by atoms with Crippen LogP contribution in [0.5, 0.6) is 0 Å². The van der Waals surface area contributed by atoms with E-state index in [0.29, 0.717) is 0 Å². The molecule has 6 aromatic carbocycles. The summed E-state index contributed by atoms with van der Waals surface area (Å²) in [6, 6.07) is 43.1. The maximum absolute atomic E-state index is 8.05. The minimum atomic E-state index is -0.0713. The quantitative estimate of drug-likeness (QED) is 0.160. The molecule has 0 saturated heterocycles. The number of fused-ring (bicyclic) bond motifs is 9. The Morgan fingerprint density at radius 1 is 0.543 bits per heavy atom. The van der Waals surface area contributed by atoms with Crippen LogP contribution in [0.4, 0.5) is 17.1 Å². The molecular weight excluding hydrogens is 978 g/mol. The zero-order valence-corrected chi connectivity index (χ0v) is 52.2. The zero-order chi connectivity index (χ0) is 56.5. The molecule has 0 amide bonds. The van der Waals surface area contributed by atoms with Crippen LogP contribution in [0.3, 0.4) is 0 Å². The molecule has 3 heteroatoms. The highest BCUT2D eigenvalue weighted by atomic mass is 16.3. The van der Waals surface area contributed by atoms with E-state index >= 15 is 0 Å². The second-order valence-electron chi connectivity index (χ2n) is 33.4. The van der Waals surface area contributed by atoms with E-state index in [1.165, 1.54) is 160 Å². The van der Waals surface area contributed by atoms with Crippen LogP contribution in [0.2, 0.25) is 0 Å². The topological polar surface area (TPSA) is 16.4 Å². The van der Waals surface area contributed by atoms with Crippen molar-refractivity contribution in [1.29, 1.82) is 0 Å². The molecule has 4 saturated carbocycles. The van der Waals surface area contributed by atoms with Gasteiger partial charge in [-0.2, -0.15) is 0 Å². The second kappa shape index (κ2) is 17.0. The van der Waals surface area contributed by atoms with E-state index in [-0.39, 0.29) is 56.0 Å². The predicted octanol–water partition coefficient (Wildman–Crippen LogP) is 18.7. The Morgan fingerprint density at radius 2 is 1.12 bits per heavy atom. The normalized spacial score (nSPS) is 27.0. The minimum Gasteiger partial charge on any atom is -0.470 e. The van der Waals surface area contributed by atoms with Crippen LogP contribution in [-0.4, -0.2) is 6.71 Å². The van der Waals surface area contributed by atoms with Gasteiger partial charge in [-0.25, -0.2) is 0 Å². The van der Waals surface area contributed by atoms with Crippen LogP contribution < -0.4 is 21.5 Å². The summed E-state index contributed by atoms with van der Waals surface area (Å²) in [5.74, 6) is 2.70. The molecule has 3 atom stereocenters. The van der Waals surface area contributed by atoms with E-state index in [1.54, 1.807) is 22.3 Å². The van der Waals surface area contributed by atoms with Crippen LogP contribution >= 0.6 is 0 Å². The lowest BCUT2D eigenvalue weighted by Crippen LogP contribution is -2.59. The standard InChI is InChI=1S/C78H92BNO/c1-71(2,3)52-22-24-64(55(38-52)49-19-17-16-18-20-49)80-65-42-61-60(75(10,11)28-29-76(61,12)13)41-63(65)79-69-51(37-54(39-66(69)80)78-44-47-31-48(45-78)34-53(78)33-47)36-50(32-46-21-23-57-58(35-46)73(6,7)26-25-72(57,4)5)68-56-40-59-62(43-67(56)81-70(68)79)77(14,15)30-27-74(59,8)9/h16-24,35,37-43,47-48,50,53H,25-34,36,44-45H2,1-15H3. The van der Waals surface area contributed by atoms with E-state index in [2.05, 4.69) is 212 Å². The molecule has 0 radical (unpaired) electrons. The van der Waals surface area contributed by atoms with Crippen molar-refractivity contribution in [1.82, 2.24) is 0 Å². The summed E-state index contributed by atoms with van der Waals surface area (Å²) >= 11 is 0. The zero-order valence-electron chi connectivity index (χ0n) is 52.2. The molecule has 4 bridgehead atoms. The summed E-state index contributed by atoms with van der Waals surface area (Å²) in [7, 11) is 0. The lowest BCUT2D eigenvalue weighted by atomic mass is 9.35. The molecule has 1 aromatic heterocycles. The monoisotopic (exact) mass is 1070 g/mol. The fourth-order valence-corrected chi connectivity index (χ4v) is 19.3. The first kappa shape index (κ1) is 52.5. The predicted molar refractivity (Wildman–Crippen MR) is 344 cm³/mol. The van der Waals surface area contributed by atoms with Gasteiger partial charge in [0.15, 0.2) is 0 Å². The lowest BCUT2D eigenvalue weighted by molar-refractivity contribution is 0.266. The molecule has 3 unspecified atom stereocenters. The summed E-state index contributed by atoms with van der Waals surface area (Å²) in [4.78, 5) is 2.84. The van der Waals surface area contributed by atoms with Crippen LogP contribution in [-0.2, 0) is 56.2 Å². The highest BCUT2D eigenvalue weighted by Gasteiger charge is 2.59. The summed E-state index contributed by atoms with van der Waals surface area (Å²) in [5.41, 5.74) is 29.3. The second-order valence-corrected chi connectivity index (χ2v) is 33.4. The van der Waals surface area contributed by atoms with Gasteiger partial charge in [0.25, 0.3) is 6.71 Å². The Labute approximate surface area is 487 Å². The van der Waals surface area contributed by atoms with Gasteiger partial charge in [0.2, 0.25) is 0 Å². The number of benzene rings is 6. The van der Waals surface area contributed by atoms with Gasteiger partial charge < -0.3 is 9.32 Å². The molecule has 0 N–H and O–H groups in total. The third-order valence-electron chi connectivity index (χ3n) is 24.3. The third kappa shape index (κ3) is 7.76. The van der Waals surface area contributed by atoms with E-state index in [4.69, 9.17) is 4.42 Å². The van der Waals surface area contributed by atoms with Crippen molar-refractivity contribution < 1.29 is 4.42 Å². The average molecular weight is 1070 g/mol. The van der Waals surface area contributed by atoms with Crippen molar-refractivity contribution in [2.45, 2.75) is 237 Å². The first-order valence-corrected chi connectivity index (χ1v) is 32.2. The van der Waals surface area contributed by atoms with Gasteiger partial charge in [-0.15, -0.1) is 0 Å². The van der Waals surface area contributed by atoms with Gasteiger partial charge in [-0.1, -0.05) is 171 Å². The molecule has 418 valence electrons. The molecule has 0 spiro atoms. The van der Waals surface area contributed by atoms with Crippen molar-refractivity contribution in [2.75, 3.05) is 4.90 Å². The van der Waals surface area contributed by atoms with Crippen LogP contribution in [0.15, 0.2) is 108 Å². The van der Waals surface area contributed by atoms with Crippen LogP contribution in [0.1, 0.15) is 242 Å². The van der Waals surface area contributed by atoms with Crippen molar-refractivity contribution in [3.8, 4) is 11.1 Å². The Balaban J connectivity index is 1.07. The minimum absolute atomic E-state index is 0.0149. The molecule has 9 aliphatic rings. The Hall–Kier alpha value is -5.28. The van der Waals surface area contributed by atoms with Gasteiger partial charge in [0, 0.05) is 22.3 Å². The van der Waals surface area contributed by atoms with E-state index in [0.717, 1.165) is 36.2 Å². The van der Waals surface area contributed by atoms with Crippen LogP contribution in [0.25, 0.3) is 22.1 Å². The highest BCUT2D eigenvalue weighted by Crippen LogP contribution is 2.67. The number of rotatable bonds is 5. The van der Waals surface area contributed by atoms with Crippen molar-refractivity contribution in [3.63, 3.8) is 0 Å². The van der Waals surface area contributed by atoms with Crippen LogP contribution in [0, 0.1) is 17.8 Å². The molecule has 81 heavy (non-hydrogen) atoms. The third-order valence-corrected chi connectivity index (χ3v) is 24.3. The van der Waals surface area contributed by atoms with Crippen molar-refractivity contribution in [3.05, 3.63) is 164 Å². The van der Waals surface area contributed by atoms with Crippen molar-refractivity contribution in [2.24, 2.45) is 17.8 Å². The molecule has 2 aliphatic heterocycles. The van der Waals surface area contributed by atoms with Gasteiger partial charge >= 0.3 is 0 Å². The van der Waals surface area contributed by atoms with Crippen molar-refractivity contribution >= 4 is 51.3 Å². The molecule has 7 aliphatic carbocycles. The summed E-state index contributed by atoms with van der Waals surface area (Å²) < 4.78 is 8.05. The van der Waals surface area contributed by atoms with Gasteiger partial charge in [-0.05, 0) is 265 Å². The Kier molecular flexibility index (Phi) is 11.0. The molecule has 7 aromatic rings. The smallest absolute Gasteiger partial charge is 0.292 e. The summed E-state index contributed by atoms with van der Waals surface area (Å²) in [5, 5.41) is 1.37.